The van der Waals surface area contributed by atoms with E-state index in [4.69, 9.17) is 15.2 Å². The van der Waals surface area contributed by atoms with Crippen molar-refractivity contribution in [2.24, 2.45) is 0 Å². The number of nitrogens with zero attached hydrogens (tertiary/aromatic N) is 3. The fourth-order valence-corrected chi connectivity index (χ4v) is 3.77. The van der Waals surface area contributed by atoms with Crippen molar-refractivity contribution in [2.45, 2.75) is 19.4 Å². The number of hydrogen-bond acceptors (Lipinski definition) is 8. The van der Waals surface area contributed by atoms with Gasteiger partial charge in [-0.25, -0.2) is 0 Å². The Morgan fingerprint density at radius 1 is 0.939 bits per heavy atom. The second-order valence-electron chi connectivity index (χ2n) is 7.59. The molecule has 0 unspecified atom stereocenters. The summed E-state index contributed by atoms with van der Waals surface area (Å²) < 4.78 is 11.6. The van der Waals surface area contributed by atoms with Crippen LogP contribution in [0.25, 0.3) is 0 Å². The summed E-state index contributed by atoms with van der Waals surface area (Å²) in [6, 6.07) is 22.6. The molecule has 164 valence electrons. The number of carbonyl (C=O) groups is 1. The normalized spacial score (nSPS) is 12.3. The van der Waals surface area contributed by atoms with Crippen molar-refractivity contribution >= 4 is 23.6 Å². The maximum Gasteiger partial charge on any atom is 0.318 e. The highest BCUT2D eigenvalue weighted by Crippen LogP contribution is 2.44. The molecular weight excluding hydrogens is 418 g/mol. The van der Waals surface area contributed by atoms with Gasteiger partial charge in [-0.3, -0.25) is 4.79 Å². The van der Waals surface area contributed by atoms with Gasteiger partial charge in [-0.2, -0.15) is 15.0 Å². The lowest BCUT2D eigenvalue weighted by Gasteiger charge is -2.26. The number of esters is 1. The van der Waals surface area contributed by atoms with Crippen molar-refractivity contribution in [3.8, 4) is 11.5 Å². The number of benzene rings is 3. The molecule has 33 heavy (non-hydrogen) atoms. The number of nitrogens with two attached hydrogens (primary N) is 1. The molecule has 0 bridgehead atoms. The van der Waals surface area contributed by atoms with E-state index in [0.29, 0.717) is 11.5 Å². The molecule has 0 radical (unpaired) electrons. The monoisotopic (exact) mass is 439 g/mol. The van der Waals surface area contributed by atoms with E-state index < -0.39 is 11.9 Å². The van der Waals surface area contributed by atoms with E-state index in [2.05, 4.69) is 20.3 Å². The first-order chi connectivity index (χ1) is 16.1. The Kier molecular flexibility index (Phi) is 5.32. The summed E-state index contributed by atoms with van der Waals surface area (Å²) in [7, 11) is 0. The molecule has 2 heterocycles. The summed E-state index contributed by atoms with van der Waals surface area (Å²) in [4.78, 5) is 25.8. The summed E-state index contributed by atoms with van der Waals surface area (Å²) in [6.07, 6.45) is 0. The van der Waals surface area contributed by atoms with E-state index in [1.54, 1.807) is 0 Å². The van der Waals surface area contributed by atoms with E-state index >= 15 is 0 Å². The van der Waals surface area contributed by atoms with Gasteiger partial charge in [0.15, 0.2) is 12.4 Å². The molecule has 8 nitrogen and oxygen atoms in total. The second kappa shape index (κ2) is 8.58. The van der Waals surface area contributed by atoms with Crippen LogP contribution in [0.3, 0.4) is 0 Å². The predicted octanol–water partition coefficient (Wildman–Crippen LogP) is 4.49. The van der Waals surface area contributed by atoms with Gasteiger partial charge in [-0.15, -0.1) is 0 Å². The zero-order valence-electron chi connectivity index (χ0n) is 17.9. The van der Waals surface area contributed by atoms with Crippen molar-refractivity contribution in [3.63, 3.8) is 0 Å². The molecule has 1 aliphatic rings. The number of hydrogen-bond donors (Lipinski definition) is 2. The Morgan fingerprint density at radius 3 is 2.27 bits per heavy atom. The van der Waals surface area contributed by atoms with Crippen LogP contribution in [0.1, 0.15) is 28.4 Å². The molecule has 0 saturated carbocycles. The number of fused-ring (bicyclic) bond motifs is 2. The fraction of sp³-hybridized carbons (Fsp3) is 0.120. The minimum Gasteiger partial charge on any atom is -0.457 e. The van der Waals surface area contributed by atoms with Gasteiger partial charge in [0.25, 0.3) is 0 Å². The predicted molar refractivity (Wildman–Crippen MR) is 123 cm³/mol. The highest BCUT2D eigenvalue weighted by Gasteiger charge is 2.33. The number of aromatic nitrogens is 3. The van der Waals surface area contributed by atoms with Crippen molar-refractivity contribution in [1.29, 1.82) is 0 Å². The third kappa shape index (κ3) is 4.18. The number of ether oxygens (including phenoxy) is 2. The van der Waals surface area contributed by atoms with Crippen molar-refractivity contribution in [1.82, 2.24) is 15.0 Å². The lowest BCUT2D eigenvalue weighted by Crippen LogP contribution is -2.21. The Labute approximate surface area is 190 Å². The highest BCUT2D eigenvalue weighted by atomic mass is 16.5. The molecule has 3 aromatic carbocycles. The lowest BCUT2D eigenvalue weighted by molar-refractivity contribution is -0.146. The molecule has 4 aromatic rings. The first kappa shape index (κ1) is 20.4. The van der Waals surface area contributed by atoms with Crippen LogP contribution < -0.4 is 15.8 Å². The molecule has 1 aliphatic heterocycles. The van der Waals surface area contributed by atoms with Crippen LogP contribution in [0.15, 0.2) is 72.8 Å². The number of aryl methyl sites for hydroxylation is 1. The van der Waals surface area contributed by atoms with Crippen molar-refractivity contribution in [3.05, 3.63) is 95.3 Å². The highest BCUT2D eigenvalue weighted by molar-refractivity contribution is 5.85. The topological polar surface area (TPSA) is 112 Å². The van der Waals surface area contributed by atoms with Gasteiger partial charge in [-0.1, -0.05) is 54.6 Å². The SMILES string of the molecule is Cc1ccccc1Nc1nc(N)nc(COC(=O)C2c3ccccc3Oc3ccccc32)n1. The standard InChI is InChI=1S/C25H21N5O3/c1-15-8-2-5-11-18(15)27-25-29-21(28-24(26)30-25)14-32-23(31)22-16-9-3-6-12-19(16)33-20-13-7-4-10-17(20)22/h2-13,22H,14H2,1H3,(H3,26,27,28,29,30). The quantitative estimate of drug-likeness (QED) is 0.438. The summed E-state index contributed by atoms with van der Waals surface area (Å²) in [5, 5.41) is 3.13. The summed E-state index contributed by atoms with van der Waals surface area (Å²) >= 11 is 0. The number of nitrogen functional groups attached to an aromatic ring is 1. The summed E-state index contributed by atoms with van der Waals surface area (Å²) in [6.45, 7) is 1.83. The van der Waals surface area contributed by atoms with E-state index in [1.165, 1.54) is 0 Å². The van der Waals surface area contributed by atoms with Crippen LogP contribution in [-0.2, 0) is 16.1 Å². The van der Waals surface area contributed by atoms with Crippen LogP contribution >= 0.6 is 0 Å². The zero-order valence-corrected chi connectivity index (χ0v) is 17.9. The maximum atomic E-state index is 13.2. The first-order valence-corrected chi connectivity index (χ1v) is 10.4. The van der Waals surface area contributed by atoms with Crippen LogP contribution in [0, 0.1) is 6.92 Å². The molecule has 0 atom stereocenters. The number of anilines is 3. The lowest BCUT2D eigenvalue weighted by atomic mass is 9.88. The third-order valence-corrected chi connectivity index (χ3v) is 5.35. The summed E-state index contributed by atoms with van der Waals surface area (Å²) in [5.74, 6) is 0.791. The average molecular weight is 439 g/mol. The third-order valence-electron chi connectivity index (χ3n) is 5.35. The number of rotatable bonds is 5. The van der Waals surface area contributed by atoms with E-state index in [1.807, 2.05) is 79.7 Å². The Hall–Kier alpha value is -4.46. The van der Waals surface area contributed by atoms with Gasteiger partial charge in [0.1, 0.15) is 17.4 Å². The van der Waals surface area contributed by atoms with E-state index in [0.717, 1.165) is 22.4 Å². The number of carbonyl (C=O) groups excluding carboxylic acids is 1. The molecule has 1 aromatic heterocycles. The van der Waals surface area contributed by atoms with Gasteiger partial charge in [-0.05, 0) is 30.7 Å². The van der Waals surface area contributed by atoms with Gasteiger partial charge in [0.2, 0.25) is 11.9 Å². The van der Waals surface area contributed by atoms with Crippen LogP contribution in [-0.4, -0.2) is 20.9 Å². The molecule has 5 rings (SSSR count). The minimum absolute atomic E-state index is 0.0360. The fourth-order valence-electron chi connectivity index (χ4n) is 3.77. The molecule has 0 amide bonds. The molecule has 0 saturated heterocycles. The largest absolute Gasteiger partial charge is 0.457 e. The smallest absolute Gasteiger partial charge is 0.318 e. The minimum atomic E-state index is -0.616. The Bertz CT molecular complexity index is 1300. The zero-order chi connectivity index (χ0) is 22.8. The van der Waals surface area contributed by atoms with Gasteiger partial charge >= 0.3 is 5.97 Å². The average Bonchev–Trinajstić information content (AvgIpc) is 2.82. The van der Waals surface area contributed by atoms with Crippen LogP contribution in [0.5, 0.6) is 11.5 Å². The van der Waals surface area contributed by atoms with Crippen molar-refractivity contribution in [2.75, 3.05) is 11.1 Å². The molecule has 0 spiro atoms. The maximum absolute atomic E-state index is 13.2. The molecule has 0 aliphatic carbocycles. The molecule has 3 N–H and O–H groups in total. The molecular formula is C25H21N5O3. The van der Waals surface area contributed by atoms with E-state index in [-0.39, 0.29) is 24.3 Å². The molecule has 8 heteroatoms. The molecule has 0 fully saturated rings. The Morgan fingerprint density at radius 2 is 1.58 bits per heavy atom. The number of nitrogens with one attached hydrogen (secondary N) is 1. The van der Waals surface area contributed by atoms with Crippen molar-refractivity contribution < 1.29 is 14.3 Å². The number of para-hydroxylation sites is 3. The summed E-state index contributed by atoms with van der Waals surface area (Å²) in [5.41, 5.74) is 9.24. The second-order valence-corrected chi connectivity index (χ2v) is 7.59. The first-order valence-electron chi connectivity index (χ1n) is 10.4. The van der Waals surface area contributed by atoms with E-state index in [9.17, 15) is 4.79 Å². The Balaban J connectivity index is 1.37. The van der Waals surface area contributed by atoms with Crippen LogP contribution in [0.4, 0.5) is 17.6 Å². The van der Waals surface area contributed by atoms with Gasteiger partial charge < -0.3 is 20.5 Å². The van der Waals surface area contributed by atoms with Crippen LogP contribution in [0.2, 0.25) is 0 Å². The van der Waals surface area contributed by atoms with Gasteiger partial charge in [0.05, 0.1) is 0 Å². The van der Waals surface area contributed by atoms with Gasteiger partial charge in [0, 0.05) is 16.8 Å².